The van der Waals surface area contributed by atoms with Gasteiger partial charge in [-0.25, -0.2) is 0 Å². The second kappa shape index (κ2) is 5.27. The summed E-state index contributed by atoms with van der Waals surface area (Å²) in [6.07, 6.45) is 0. The maximum absolute atomic E-state index is 11.7. The number of hydrogen-bond donors (Lipinski definition) is 3. The van der Waals surface area contributed by atoms with Gasteiger partial charge in [0.2, 0.25) is 0 Å². The second-order valence-electron chi connectivity index (χ2n) is 3.26. The summed E-state index contributed by atoms with van der Waals surface area (Å²) in [7, 11) is 0. The van der Waals surface area contributed by atoms with Crippen molar-refractivity contribution in [2.24, 2.45) is 5.73 Å². The third-order valence-electron chi connectivity index (χ3n) is 1.98. The molecule has 1 unspecified atom stereocenters. The van der Waals surface area contributed by atoms with E-state index < -0.39 is 0 Å². The van der Waals surface area contributed by atoms with Crippen LogP contribution in [0.4, 0.5) is 0 Å². The van der Waals surface area contributed by atoms with E-state index in [9.17, 15) is 9.90 Å². The van der Waals surface area contributed by atoms with Gasteiger partial charge in [0, 0.05) is 5.56 Å². The number of hydrogen-bond acceptors (Lipinski definition) is 3. The van der Waals surface area contributed by atoms with Crippen LogP contribution in [-0.4, -0.2) is 22.0 Å². The third-order valence-corrected chi connectivity index (χ3v) is 3.01. The van der Waals surface area contributed by atoms with E-state index in [0.717, 1.165) is 0 Å². The first kappa shape index (κ1) is 12.9. The first-order valence-electron chi connectivity index (χ1n) is 4.50. The van der Waals surface area contributed by atoms with E-state index in [1.807, 2.05) is 0 Å². The van der Waals surface area contributed by atoms with Gasteiger partial charge in [0.1, 0.15) is 5.75 Å². The fraction of sp³-hybridized carbons (Fsp3) is 0.200. The molecule has 0 aliphatic rings. The van der Waals surface area contributed by atoms with Crippen LogP contribution in [0.2, 0.25) is 0 Å². The summed E-state index contributed by atoms with van der Waals surface area (Å²) in [5.41, 5.74) is 5.73. The molecule has 1 amide bonds. The third kappa shape index (κ3) is 3.18. The topological polar surface area (TPSA) is 75.3 Å². The van der Waals surface area contributed by atoms with Crippen molar-refractivity contribution in [1.82, 2.24) is 5.32 Å². The molecular formula is C10H11BrN2O2S. The zero-order valence-corrected chi connectivity index (χ0v) is 10.9. The first-order chi connectivity index (χ1) is 7.41. The monoisotopic (exact) mass is 302 g/mol. The SMILES string of the molecule is CC(NC(=O)c1ccc(Br)c(O)c1)C(N)=S. The number of aromatic hydroxyl groups is 1. The van der Waals surface area contributed by atoms with Crippen LogP contribution in [-0.2, 0) is 0 Å². The summed E-state index contributed by atoms with van der Waals surface area (Å²) in [6.45, 7) is 1.69. The Bertz CT molecular complexity index is 437. The summed E-state index contributed by atoms with van der Waals surface area (Å²) in [5.74, 6) is -0.321. The summed E-state index contributed by atoms with van der Waals surface area (Å²) >= 11 is 7.87. The minimum Gasteiger partial charge on any atom is -0.507 e. The highest BCUT2D eigenvalue weighted by molar-refractivity contribution is 9.10. The summed E-state index contributed by atoms with van der Waals surface area (Å²) < 4.78 is 0.534. The van der Waals surface area contributed by atoms with Crippen LogP contribution in [0.1, 0.15) is 17.3 Å². The van der Waals surface area contributed by atoms with Gasteiger partial charge in [0.15, 0.2) is 0 Å². The Morgan fingerprint density at radius 1 is 1.62 bits per heavy atom. The molecule has 6 heteroatoms. The number of carbonyl (C=O) groups is 1. The van der Waals surface area contributed by atoms with Gasteiger partial charge < -0.3 is 16.2 Å². The van der Waals surface area contributed by atoms with E-state index in [1.54, 1.807) is 19.1 Å². The highest BCUT2D eigenvalue weighted by Gasteiger charge is 2.12. The molecule has 0 heterocycles. The molecule has 16 heavy (non-hydrogen) atoms. The predicted molar refractivity (Wildman–Crippen MR) is 69.5 cm³/mol. The van der Waals surface area contributed by atoms with Crippen LogP contribution >= 0.6 is 28.1 Å². The minimum absolute atomic E-state index is 0.00984. The molecule has 0 fully saturated rings. The Hall–Kier alpha value is -1.14. The molecular weight excluding hydrogens is 292 g/mol. The van der Waals surface area contributed by atoms with Crippen molar-refractivity contribution >= 4 is 39.0 Å². The Labute approximate surface area is 107 Å². The van der Waals surface area contributed by atoms with Gasteiger partial charge in [-0.2, -0.15) is 0 Å². The Morgan fingerprint density at radius 2 is 2.25 bits per heavy atom. The minimum atomic E-state index is -0.381. The van der Waals surface area contributed by atoms with Gasteiger partial charge in [-0.15, -0.1) is 0 Å². The lowest BCUT2D eigenvalue weighted by Gasteiger charge is -2.12. The molecule has 0 aromatic heterocycles. The predicted octanol–water partition coefficient (Wildman–Crippen LogP) is 1.56. The molecule has 4 N–H and O–H groups in total. The van der Waals surface area contributed by atoms with E-state index >= 15 is 0 Å². The normalized spacial score (nSPS) is 11.9. The van der Waals surface area contributed by atoms with Crippen LogP contribution in [0.3, 0.4) is 0 Å². The van der Waals surface area contributed by atoms with Crippen molar-refractivity contribution in [2.45, 2.75) is 13.0 Å². The fourth-order valence-electron chi connectivity index (χ4n) is 1.01. The summed E-state index contributed by atoms with van der Waals surface area (Å²) in [6, 6.07) is 4.17. The molecule has 1 rings (SSSR count). The zero-order chi connectivity index (χ0) is 12.3. The molecule has 0 aliphatic carbocycles. The van der Waals surface area contributed by atoms with Gasteiger partial charge >= 0.3 is 0 Å². The van der Waals surface area contributed by atoms with Gasteiger partial charge in [-0.1, -0.05) is 12.2 Å². The summed E-state index contributed by atoms with van der Waals surface area (Å²) in [5, 5.41) is 12.0. The fourth-order valence-corrected chi connectivity index (χ4v) is 1.31. The number of phenolic OH excluding ortho intramolecular Hbond substituents is 1. The Kier molecular flexibility index (Phi) is 4.26. The number of rotatable bonds is 3. The Morgan fingerprint density at radius 3 is 2.75 bits per heavy atom. The number of halogens is 1. The van der Waals surface area contributed by atoms with Crippen LogP contribution in [0.25, 0.3) is 0 Å². The highest BCUT2D eigenvalue weighted by Crippen LogP contribution is 2.24. The smallest absolute Gasteiger partial charge is 0.251 e. The molecule has 1 aromatic carbocycles. The average molecular weight is 303 g/mol. The number of nitrogens with two attached hydrogens (primary N) is 1. The van der Waals surface area contributed by atoms with Crippen molar-refractivity contribution < 1.29 is 9.90 Å². The number of carbonyl (C=O) groups excluding carboxylic acids is 1. The summed E-state index contributed by atoms with van der Waals surface area (Å²) in [4.78, 5) is 11.9. The highest BCUT2D eigenvalue weighted by atomic mass is 79.9. The molecule has 0 radical (unpaired) electrons. The number of benzene rings is 1. The molecule has 4 nitrogen and oxygen atoms in total. The number of phenols is 1. The van der Waals surface area contributed by atoms with Gasteiger partial charge in [0.05, 0.1) is 15.5 Å². The molecule has 1 aromatic rings. The quantitative estimate of drug-likeness (QED) is 0.741. The molecule has 0 saturated heterocycles. The van der Waals surface area contributed by atoms with E-state index in [-0.39, 0.29) is 22.7 Å². The van der Waals surface area contributed by atoms with Crippen LogP contribution in [0.5, 0.6) is 5.75 Å². The van der Waals surface area contributed by atoms with Crippen LogP contribution in [0, 0.1) is 0 Å². The molecule has 0 spiro atoms. The maximum Gasteiger partial charge on any atom is 0.251 e. The number of nitrogens with one attached hydrogen (secondary N) is 1. The maximum atomic E-state index is 11.7. The van der Waals surface area contributed by atoms with E-state index in [2.05, 4.69) is 21.2 Å². The number of amides is 1. The van der Waals surface area contributed by atoms with Gasteiger partial charge in [-0.05, 0) is 41.1 Å². The largest absolute Gasteiger partial charge is 0.507 e. The van der Waals surface area contributed by atoms with E-state index in [0.29, 0.717) is 10.0 Å². The lowest BCUT2D eigenvalue weighted by atomic mass is 10.2. The van der Waals surface area contributed by atoms with Crippen LogP contribution in [0.15, 0.2) is 22.7 Å². The molecule has 1 atom stereocenters. The average Bonchev–Trinajstić information content (AvgIpc) is 2.21. The molecule has 0 saturated carbocycles. The zero-order valence-electron chi connectivity index (χ0n) is 8.53. The van der Waals surface area contributed by atoms with Crippen molar-refractivity contribution in [3.63, 3.8) is 0 Å². The lowest BCUT2D eigenvalue weighted by molar-refractivity contribution is 0.0949. The van der Waals surface area contributed by atoms with Crippen LogP contribution < -0.4 is 11.1 Å². The molecule has 0 bridgehead atoms. The van der Waals surface area contributed by atoms with Crippen molar-refractivity contribution in [1.29, 1.82) is 0 Å². The lowest BCUT2D eigenvalue weighted by Crippen LogP contribution is -2.41. The van der Waals surface area contributed by atoms with Gasteiger partial charge in [-0.3, -0.25) is 4.79 Å². The Balaban J connectivity index is 2.81. The van der Waals surface area contributed by atoms with Gasteiger partial charge in [0.25, 0.3) is 5.91 Å². The van der Waals surface area contributed by atoms with Crippen molar-refractivity contribution in [3.05, 3.63) is 28.2 Å². The van der Waals surface area contributed by atoms with E-state index in [4.69, 9.17) is 18.0 Å². The van der Waals surface area contributed by atoms with E-state index in [1.165, 1.54) is 6.07 Å². The standard InChI is InChI=1S/C10H11BrN2O2S/c1-5(9(12)16)13-10(15)6-2-3-7(11)8(14)4-6/h2-5,14H,1H3,(H2,12,16)(H,13,15). The number of thiocarbonyl (C=S) groups is 1. The second-order valence-corrected chi connectivity index (χ2v) is 4.59. The van der Waals surface area contributed by atoms with Crippen molar-refractivity contribution in [2.75, 3.05) is 0 Å². The van der Waals surface area contributed by atoms with Crippen molar-refractivity contribution in [3.8, 4) is 5.75 Å². The molecule has 86 valence electrons. The first-order valence-corrected chi connectivity index (χ1v) is 5.70. The molecule has 0 aliphatic heterocycles.